The average Bonchev–Trinajstić information content (AvgIpc) is 3.44. The summed E-state index contributed by atoms with van der Waals surface area (Å²) in [6, 6.07) is 0. The van der Waals surface area contributed by atoms with E-state index in [2.05, 4.69) is 28.4 Å². The lowest BCUT2D eigenvalue weighted by atomic mass is 10.3. The van der Waals surface area contributed by atoms with Crippen molar-refractivity contribution < 1.29 is 47.6 Å². The van der Waals surface area contributed by atoms with Crippen molar-refractivity contribution in [1.29, 1.82) is 0 Å². The summed E-state index contributed by atoms with van der Waals surface area (Å²) in [6.45, 7) is 0. The molecule has 0 aromatic rings. The predicted molar refractivity (Wildman–Crippen MR) is 65.4 cm³/mol. The van der Waals surface area contributed by atoms with E-state index in [0.29, 0.717) is 0 Å². The summed E-state index contributed by atoms with van der Waals surface area (Å²) in [7, 11) is 4.94. The van der Waals surface area contributed by atoms with Crippen LogP contribution in [0.1, 0.15) is 0 Å². The summed E-state index contributed by atoms with van der Waals surface area (Å²) < 4.78 is 26.7. The fourth-order valence-electron chi connectivity index (χ4n) is 1.41. The van der Waals surface area contributed by atoms with Gasteiger partial charge in [0.25, 0.3) is 0 Å². The van der Waals surface area contributed by atoms with Gasteiger partial charge in [-0.1, -0.05) is 0 Å². The highest BCUT2D eigenvalue weighted by Crippen LogP contribution is 2.24. The fraction of sp³-hybridized carbons (Fsp3) is 0.667. The Morgan fingerprint density at radius 3 is 0.864 bits per heavy atom. The van der Waals surface area contributed by atoms with Gasteiger partial charge >= 0.3 is 23.9 Å². The lowest BCUT2D eigenvalue weighted by Gasteiger charge is -1.92. The molecule has 2 fully saturated rings. The van der Waals surface area contributed by atoms with E-state index in [4.69, 9.17) is 0 Å². The second-order valence-corrected chi connectivity index (χ2v) is 4.05. The normalized spacial score (nSPS) is 27.5. The summed E-state index contributed by atoms with van der Waals surface area (Å²) in [5, 5.41) is 0. The van der Waals surface area contributed by atoms with E-state index in [0.717, 1.165) is 0 Å². The van der Waals surface area contributed by atoms with Gasteiger partial charge in [0.2, 0.25) is 0 Å². The summed E-state index contributed by atoms with van der Waals surface area (Å²) in [6.07, 6.45) is -3.03. The summed E-state index contributed by atoms with van der Waals surface area (Å²) in [4.78, 5) is 42.6. The van der Waals surface area contributed by atoms with E-state index in [1.54, 1.807) is 0 Å². The number of carbonyl (C=O) groups is 4. The molecule has 0 aliphatic carbocycles. The van der Waals surface area contributed by atoms with E-state index in [1.807, 2.05) is 0 Å². The third kappa shape index (κ3) is 4.40. The predicted octanol–water partition coefficient (Wildman–Crippen LogP) is -1.80. The molecular formula is C12H16O10. The molecule has 22 heavy (non-hydrogen) atoms. The molecule has 0 amide bonds. The Hall–Kier alpha value is -2.20. The molecular weight excluding hydrogens is 304 g/mol. The fourth-order valence-corrected chi connectivity index (χ4v) is 1.41. The zero-order valence-corrected chi connectivity index (χ0v) is 12.4. The Labute approximate surface area is 125 Å². The van der Waals surface area contributed by atoms with Gasteiger partial charge in [0, 0.05) is 0 Å². The van der Waals surface area contributed by atoms with Gasteiger partial charge in [0.1, 0.15) is 0 Å². The largest absolute Gasteiger partial charge is 0.467 e. The molecule has 0 aromatic heterocycles. The van der Waals surface area contributed by atoms with Gasteiger partial charge < -0.3 is 28.4 Å². The Balaban J connectivity index is 0.000000220. The van der Waals surface area contributed by atoms with Crippen LogP contribution in [0.15, 0.2) is 0 Å². The smallest absolute Gasteiger partial charge is 0.338 e. The van der Waals surface area contributed by atoms with Gasteiger partial charge in [0.05, 0.1) is 28.4 Å². The van der Waals surface area contributed by atoms with Crippen LogP contribution in [0.3, 0.4) is 0 Å². The summed E-state index contributed by atoms with van der Waals surface area (Å²) in [5.74, 6) is -2.17. The highest BCUT2D eigenvalue weighted by Gasteiger charge is 2.53. The zero-order valence-electron chi connectivity index (χ0n) is 12.4. The molecule has 4 atom stereocenters. The maximum Gasteiger partial charge on any atom is 0.338 e. The van der Waals surface area contributed by atoms with Crippen LogP contribution in [0.2, 0.25) is 0 Å². The molecule has 2 rings (SSSR count). The molecule has 2 heterocycles. The van der Waals surface area contributed by atoms with E-state index in [-0.39, 0.29) is 0 Å². The highest BCUT2D eigenvalue weighted by atomic mass is 16.7. The third-order valence-electron chi connectivity index (χ3n) is 2.72. The average molecular weight is 320 g/mol. The van der Waals surface area contributed by atoms with Crippen LogP contribution in [-0.2, 0) is 47.6 Å². The van der Waals surface area contributed by atoms with Crippen molar-refractivity contribution in [3.8, 4) is 0 Å². The van der Waals surface area contributed by atoms with Crippen molar-refractivity contribution in [3.05, 3.63) is 0 Å². The molecule has 10 nitrogen and oxygen atoms in total. The topological polar surface area (TPSA) is 130 Å². The minimum absolute atomic E-state index is 0.541. The number of hydrogen-bond donors (Lipinski definition) is 0. The van der Waals surface area contributed by atoms with Gasteiger partial charge in [-0.25, -0.2) is 19.2 Å². The Bertz CT molecular complexity index is 377. The third-order valence-corrected chi connectivity index (χ3v) is 2.72. The SMILES string of the molecule is COC(=O)[C@H]1O[C@@H]1C(=O)OC.COC(=O)[C@H]1O[C@@H]1C(=O)OC. The van der Waals surface area contributed by atoms with Crippen molar-refractivity contribution in [2.45, 2.75) is 24.4 Å². The van der Waals surface area contributed by atoms with Gasteiger partial charge in [-0.05, 0) is 0 Å². The molecule has 2 aliphatic rings. The number of ether oxygens (including phenoxy) is 6. The Morgan fingerprint density at radius 1 is 0.545 bits per heavy atom. The van der Waals surface area contributed by atoms with E-state index >= 15 is 0 Å². The minimum Gasteiger partial charge on any atom is -0.467 e. The van der Waals surface area contributed by atoms with Crippen molar-refractivity contribution >= 4 is 23.9 Å². The van der Waals surface area contributed by atoms with Crippen LogP contribution in [0, 0.1) is 0 Å². The number of carbonyl (C=O) groups excluding carboxylic acids is 4. The van der Waals surface area contributed by atoms with Crippen LogP contribution in [0.5, 0.6) is 0 Å². The number of methoxy groups -OCH3 is 4. The molecule has 0 N–H and O–H groups in total. The van der Waals surface area contributed by atoms with Gasteiger partial charge in [-0.3, -0.25) is 0 Å². The van der Waals surface area contributed by atoms with Crippen LogP contribution in [0.4, 0.5) is 0 Å². The quantitative estimate of drug-likeness (QED) is 0.332. The van der Waals surface area contributed by atoms with Crippen molar-refractivity contribution in [1.82, 2.24) is 0 Å². The number of hydrogen-bond acceptors (Lipinski definition) is 10. The highest BCUT2D eigenvalue weighted by molar-refractivity contribution is 5.90. The molecule has 2 saturated heterocycles. The van der Waals surface area contributed by atoms with Gasteiger partial charge in [0.15, 0.2) is 24.4 Å². The lowest BCUT2D eigenvalue weighted by Crippen LogP contribution is -2.18. The second-order valence-electron chi connectivity index (χ2n) is 4.05. The standard InChI is InChI=1S/2C6H8O5/c2*1-9-5(7)3-4(11-3)6(8)10-2/h2*3-4H,1-2H3/t2*3-,4-/m00/s1. The first kappa shape index (κ1) is 17.9. The lowest BCUT2D eigenvalue weighted by molar-refractivity contribution is -0.144. The molecule has 2 aliphatic heterocycles. The van der Waals surface area contributed by atoms with Crippen molar-refractivity contribution in [2.24, 2.45) is 0 Å². The second kappa shape index (κ2) is 7.71. The van der Waals surface area contributed by atoms with Crippen LogP contribution in [-0.4, -0.2) is 76.7 Å². The maximum atomic E-state index is 10.6. The van der Waals surface area contributed by atoms with E-state index in [9.17, 15) is 19.2 Å². The van der Waals surface area contributed by atoms with Crippen molar-refractivity contribution in [3.63, 3.8) is 0 Å². The number of rotatable bonds is 4. The monoisotopic (exact) mass is 320 g/mol. The van der Waals surface area contributed by atoms with Crippen LogP contribution >= 0.6 is 0 Å². The van der Waals surface area contributed by atoms with Crippen molar-refractivity contribution in [2.75, 3.05) is 28.4 Å². The number of epoxide rings is 2. The molecule has 0 unspecified atom stereocenters. The minimum atomic E-state index is -0.757. The first-order valence-corrected chi connectivity index (χ1v) is 6.03. The van der Waals surface area contributed by atoms with E-state index in [1.165, 1.54) is 28.4 Å². The molecule has 0 aromatic carbocycles. The van der Waals surface area contributed by atoms with Gasteiger partial charge in [-0.15, -0.1) is 0 Å². The van der Waals surface area contributed by atoms with Gasteiger partial charge in [-0.2, -0.15) is 0 Å². The summed E-state index contributed by atoms with van der Waals surface area (Å²) in [5.41, 5.74) is 0. The van der Waals surface area contributed by atoms with E-state index < -0.39 is 48.3 Å². The number of esters is 4. The molecule has 0 spiro atoms. The zero-order chi connectivity index (χ0) is 16.9. The molecule has 0 radical (unpaired) electrons. The van der Waals surface area contributed by atoms with Crippen LogP contribution < -0.4 is 0 Å². The first-order valence-electron chi connectivity index (χ1n) is 6.03. The maximum absolute atomic E-state index is 10.6. The Morgan fingerprint density at radius 2 is 0.727 bits per heavy atom. The Kier molecular flexibility index (Phi) is 6.25. The first-order chi connectivity index (χ1) is 10.4. The molecule has 0 saturated carbocycles. The molecule has 124 valence electrons. The molecule has 10 heteroatoms. The van der Waals surface area contributed by atoms with Crippen LogP contribution in [0.25, 0.3) is 0 Å². The molecule has 0 bridgehead atoms. The summed E-state index contributed by atoms with van der Waals surface area (Å²) >= 11 is 0.